The number of anilines is 1. The van der Waals surface area contributed by atoms with E-state index in [2.05, 4.69) is 15.0 Å². The normalized spacial score (nSPS) is 17.8. The van der Waals surface area contributed by atoms with E-state index < -0.39 is 15.6 Å². The van der Waals surface area contributed by atoms with Crippen LogP contribution in [0.15, 0.2) is 52.7 Å². The van der Waals surface area contributed by atoms with Crippen LogP contribution in [-0.4, -0.2) is 39.2 Å². The molecule has 4 aromatic rings. The molecule has 1 aliphatic rings. The van der Waals surface area contributed by atoms with Crippen molar-refractivity contribution in [2.24, 2.45) is 0 Å². The molecule has 1 atom stereocenters. The number of thiophene rings is 1. The van der Waals surface area contributed by atoms with Gasteiger partial charge >= 0.3 is 0 Å². The highest BCUT2D eigenvalue weighted by Gasteiger charge is 2.31. The van der Waals surface area contributed by atoms with Crippen molar-refractivity contribution in [3.8, 4) is 22.6 Å². The summed E-state index contributed by atoms with van der Waals surface area (Å²) in [7, 11) is -2.35. The molecule has 11 heteroatoms. The zero-order chi connectivity index (χ0) is 26.4. The topological polar surface area (TPSA) is 89.6 Å². The molecule has 37 heavy (non-hydrogen) atoms. The van der Waals surface area contributed by atoms with Gasteiger partial charge in [0.05, 0.1) is 17.8 Å². The fourth-order valence-electron chi connectivity index (χ4n) is 4.35. The molecule has 7 nitrogen and oxygen atoms in total. The van der Waals surface area contributed by atoms with Gasteiger partial charge in [0.15, 0.2) is 0 Å². The van der Waals surface area contributed by atoms with Gasteiger partial charge in [0.1, 0.15) is 31.2 Å². The Kier molecular flexibility index (Phi) is 7.02. The predicted octanol–water partition coefficient (Wildman–Crippen LogP) is 6.52. The van der Waals surface area contributed by atoms with Crippen LogP contribution in [0.25, 0.3) is 22.0 Å². The molecule has 3 heterocycles. The third kappa shape index (κ3) is 5.24. The quantitative estimate of drug-likeness (QED) is 0.260. The van der Waals surface area contributed by atoms with Gasteiger partial charge in [-0.3, -0.25) is 4.72 Å². The average molecular weight is 579 g/mol. The summed E-state index contributed by atoms with van der Waals surface area (Å²) in [5.74, 6) is 1.05. The SMILES string of the molecule is COc1ccc(-c2cc(S(=O)(=O)Nc3ccc(Cl)c(O[C@]4(C)CCNC4)c3)sc2Cl)c2ccc(C)nc12. The van der Waals surface area contributed by atoms with Gasteiger partial charge in [0.2, 0.25) is 0 Å². The predicted molar refractivity (Wildman–Crippen MR) is 150 cm³/mol. The zero-order valence-electron chi connectivity index (χ0n) is 20.4. The number of aromatic nitrogens is 1. The van der Waals surface area contributed by atoms with Crippen LogP contribution in [0.3, 0.4) is 0 Å². The number of halogens is 2. The van der Waals surface area contributed by atoms with Crippen LogP contribution < -0.4 is 19.5 Å². The van der Waals surface area contributed by atoms with E-state index in [1.54, 1.807) is 37.4 Å². The second-order valence-corrected chi connectivity index (χ2v) is 13.1. The number of rotatable bonds is 7. The third-order valence-electron chi connectivity index (χ3n) is 6.27. The number of methoxy groups -OCH3 is 1. The Morgan fingerprint density at radius 2 is 1.89 bits per heavy atom. The third-order valence-corrected chi connectivity index (χ3v) is 9.79. The van der Waals surface area contributed by atoms with E-state index in [4.69, 9.17) is 32.7 Å². The first-order valence-corrected chi connectivity index (χ1v) is 14.6. The van der Waals surface area contributed by atoms with Crippen LogP contribution in [0.5, 0.6) is 11.5 Å². The maximum Gasteiger partial charge on any atom is 0.271 e. The molecule has 2 N–H and O–H groups in total. The summed E-state index contributed by atoms with van der Waals surface area (Å²) in [6.07, 6.45) is 0.824. The Morgan fingerprint density at radius 3 is 2.62 bits per heavy atom. The summed E-state index contributed by atoms with van der Waals surface area (Å²) in [6, 6.07) is 13.9. The summed E-state index contributed by atoms with van der Waals surface area (Å²) >= 11 is 13.9. The summed E-state index contributed by atoms with van der Waals surface area (Å²) < 4.78 is 41.4. The van der Waals surface area contributed by atoms with Crippen LogP contribution in [-0.2, 0) is 10.0 Å². The minimum Gasteiger partial charge on any atom is -0.494 e. The molecule has 0 spiro atoms. The highest BCUT2D eigenvalue weighted by Crippen LogP contribution is 2.43. The van der Waals surface area contributed by atoms with E-state index in [1.807, 2.05) is 32.0 Å². The molecule has 0 amide bonds. The second-order valence-electron chi connectivity index (χ2n) is 9.15. The van der Waals surface area contributed by atoms with Crippen molar-refractivity contribution in [2.75, 3.05) is 24.9 Å². The van der Waals surface area contributed by atoms with Crippen LogP contribution in [0, 0.1) is 6.92 Å². The molecule has 1 aliphatic heterocycles. The number of benzene rings is 2. The average Bonchev–Trinajstić information content (AvgIpc) is 3.46. The lowest BCUT2D eigenvalue weighted by Gasteiger charge is -2.25. The van der Waals surface area contributed by atoms with Crippen LogP contribution in [0.2, 0.25) is 9.36 Å². The molecule has 194 valence electrons. The van der Waals surface area contributed by atoms with E-state index in [9.17, 15) is 8.42 Å². The number of ether oxygens (including phenoxy) is 2. The second kappa shape index (κ2) is 9.96. The highest BCUT2D eigenvalue weighted by atomic mass is 35.5. The molecule has 0 aliphatic carbocycles. The number of nitrogens with zero attached hydrogens (tertiary/aromatic N) is 1. The number of fused-ring (bicyclic) bond motifs is 1. The van der Waals surface area contributed by atoms with Crippen LogP contribution >= 0.6 is 34.5 Å². The van der Waals surface area contributed by atoms with E-state index in [0.717, 1.165) is 40.9 Å². The lowest BCUT2D eigenvalue weighted by Crippen LogP contribution is -2.34. The monoisotopic (exact) mass is 577 g/mol. The summed E-state index contributed by atoms with van der Waals surface area (Å²) in [5, 5.41) is 4.49. The Bertz CT molecular complexity index is 1600. The van der Waals surface area contributed by atoms with Crippen molar-refractivity contribution in [1.82, 2.24) is 10.3 Å². The summed E-state index contributed by atoms with van der Waals surface area (Å²) in [5.41, 5.74) is 2.83. The minimum absolute atomic E-state index is 0.0842. The largest absolute Gasteiger partial charge is 0.494 e. The van der Waals surface area contributed by atoms with Gasteiger partial charge in [-0.1, -0.05) is 29.3 Å². The lowest BCUT2D eigenvalue weighted by molar-refractivity contribution is 0.111. The molecule has 0 bridgehead atoms. The molecular weight excluding hydrogens is 553 g/mol. The fraction of sp³-hybridized carbons (Fsp3) is 0.269. The Morgan fingerprint density at radius 1 is 1.08 bits per heavy atom. The zero-order valence-corrected chi connectivity index (χ0v) is 23.5. The van der Waals surface area contributed by atoms with Crippen molar-refractivity contribution >= 4 is 61.2 Å². The number of hydrogen-bond donors (Lipinski definition) is 2. The van der Waals surface area contributed by atoms with Gasteiger partial charge in [0.25, 0.3) is 10.0 Å². The smallest absolute Gasteiger partial charge is 0.271 e. The fourth-order valence-corrected chi connectivity index (χ4v) is 7.31. The molecule has 0 radical (unpaired) electrons. The standard InChI is InChI=1S/C26H25Cl2N3O4S2/c1-15-4-6-18-17(7-9-21(34-3)24(18)30-15)19-13-23(36-25(19)28)37(32,33)31-16-5-8-20(27)22(12-16)35-26(2)10-11-29-14-26/h4-9,12-13,29,31H,10-11,14H2,1-3H3/t26-/m1/s1. The van der Waals surface area contributed by atoms with Crippen molar-refractivity contribution in [1.29, 1.82) is 0 Å². The van der Waals surface area contributed by atoms with Crippen molar-refractivity contribution < 1.29 is 17.9 Å². The minimum atomic E-state index is -3.94. The number of aryl methyl sites for hydroxylation is 1. The maximum atomic E-state index is 13.3. The number of hydrogen-bond acceptors (Lipinski definition) is 7. The maximum absolute atomic E-state index is 13.3. The lowest BCUT2D eigenvalue weighted by atomic mass is 10.0. The van der Waals surface area contributed by atoms with Gasteiger partial charge < -0.3 is 14.8 Å². The first-order chi connectivity index (χ1) is 17.6. The molecule has 0 saturated carbocycles. The van der Waals surface area contributed by atoms with Gasteiger partial charge in [0, 0.05) is 35.7 Å². The van der Waals surface area contributed by atoms with Crippen molar-refractivity contribution in [2.45, 2.75) is 30.1 Å². The molecule has 2 aromatic heterocycles. The van der Waals surface area contributed by atoms with E-state index in [0.29, 0.717) is 44.2 Å². The van der Waals surface area contributed by atoms with Gasteiger partial charge in [-0.25, -0.2) is 13.4 Å². The summed E-state index contributed by atoms with van der Waals surface area (Å²) in [6.45, 7) is 5.43. The van der Waals surface area contributed by atoms with Crippen molar-refractivity contribution in [3.05, 3.63) is 63.6 Å². The van der Waals surface area contributed by atoms with E-state index in [-0.39, 0.29) is 4.21 Å². The number of sulfonamides is 1. The highest BCUT2D eigenvalue weighted by molar-refractivity contribution is 7.94. The molecule has 1 fully saturated rings. The van der Waals surface area contributed by atoms with Gasteiger partial charge in [-0.05, 0) is 62.4 Å². The molecule has 5 rings (SSSR count). The molecule has 0 unspecified atom stereocenters. The Hall–Kier alpha value is -2.56. The molecule has 1 saturated heterocycles. The van der Waals surface area contributed by atoms with Crippen LogP contribution in [0.4, 0.5) is 5.69 Å². The Balaban J connectivity index is 1.47. The van der Waals surface area contributed by atoms with Gasteiger partial charge in [-0.2, -0.15) is 0 Å². The van der Waals surface area contributed by atoms with Crippen LogP contribution in [0.1, 0.15) is 19.0 Å². The first-order valence-electron chi connectivity index (χ1n) is 11.5. The van der Waals surface area contributed by atoms with Crippen molar-refractivity contribution in [3.63, 3.8) is 0 Å². The first kappa shape index (κ1) is 26.1. The van der Waals surface area contributed by atoms with Gasteiger partial charge in [-0.15, -0.1) is 11.3 Å². The summed E-state index contributed by atoms with van der Waals surface area (Å²) in [4.78, 5) is 4.61. The number of nitrogens with one attached hydrogen (secondary N) is 2. The van der Waals surface area contributed by atoms with E-state index >= 15 is 0 Å². The number of pyridine rings is 1. The molecular formula is C26H25Cl2N3O4S2. The molecule has 2 aromatic carbocycles. The Labute approximate surface area is 229 Å². The van der Waals surface area contributed by atoms with E-state index in [1.165, 1.54) is 0 Å².